The molecule has 3 heterocycles. The Morgan fingerprint density at radius 2 is 2.04 bits per heavy atom. The fraction of sp³-hybridized carbons (Fsp3) is 0.824. The standard InChI is InChI=1S/C17H27N3O3/c1-12(2)10-15(21)20-7-3-4-14(11-20)17-18-16(19-23-17)13-5-8-22-9-6-13/h12-14H,3-11H2,1-2H3. The van der Waals surface area contributed by atoms with Crippen LogP contribution in [0.25, 0.3) is 0 Å². The van der Waals surface area contributed by atoms with Crippen LogP contribution in [0, 0.1) is 5.92 Å². The van der Waals surface area contributed by atoms with Crippen molar-refractivity contribution in [3.05, 3.63) is 11.7 Å². The van der Waals surface area contributed by atoms with Crippen molar-refractivity contribution in [1.29, 1.82) is 0 Å². The van der Waals surface area contributed by atoms with Crippen LogP contribution in [0.1, 0.15) is 69.5 Å². The van der Waals surface area contributed by atoms with E-state index in [2.05, 4.69) is 24.0 Å². The summed E-state index contributed by atoms with van der Waals surface area (Å²) in [4.78, 5) is 18.9. The number of ether oxygens (including phenoxy) is 1. The number of amides is 1. The number of hydrogen-bond donors (Lipinski definition) is 0. The Kier molecular flexibility index (Phi) is 5.30. The molecule has 2 aliphatic heterocycles. The van der Waals surface area contributed by atoms with Crippen LogP contribution in [-0.2, 0) is 9.53 Å². The van der Waals surface area contributed by atoms with Gasteiger partial charge in [-0.05, 0) is 31.6 Å². The summed E-state index contributed by atoms with van der Waals surface area (Å²) >= 11 is 0. The first kappa shape index (κ1) is 16.4. The molecule has 0 radical (unpaired) electrons. The third-order valence-electron chi connectivity index (χ3n) is 4.75. The smallest absolute Gasteiger partial charge is 0.231 e. The molecule has 6 nitrogen and oxygen atoms in total. The Bertz CT molecular complexity index is 523. The van der Waals surface area contributed by atoms with E-state index in [0.717, 1.165) is 51.3 Å². The highest BCUT2D eigenvalue weighted by Gasteiger charge is 2.30. The molecule has 0 saturated carbocycles. The molecule has 0 bridgehead atoms. The maximum absolute atomic E-state index is 12.3. The van der Waals surface area contributed by atoms with Crippen molar-refractivity contribution in [1.82, 2.24) is 15.0 Å². The average Bonchev–Trinajstić information content (AvgIpc) is 3.05. The van der Waals surface area contributed by atoms with Crippen molar-refractivity contribution in [2.24, 2.45) is 5.92 Å². The molecule has 0 N–H and O–H groups in total. The van der Waals surface area contributed by atoms with Gasteiger partial charge in [-0.15, -0.1) is 0 Å². The van der Waals surface area contributed by atoms with Gasteiger partial charge in [0.2, 0.25) is 11.8 Å². The lowest BCUT2D eigenvalue weighted by Crippen LogP contribution is -2.39. The van der Waals surface area contributed by atoms with Crippen molar-refractivity contribution < 1.29 is 14.1 Å². The molecule has 1 atom stereocenters. The van der Waals surface area contributed by atoms with Crippen LogP contribution in [0.15, 0.2) is 4.52 Å². The van der Waals surface area contributed by atoms with E-state index >= 15 is 0 Å². The highest BCUT2D eigenvalue weighted by molar-refractivity contribution is 5.76. The van der Waals surface area contributed by atoms with Crippen LogP contribution in [0.5, 0.6) is 0 Å². The highest BCUT2D eigenvalue weighted by atomic mass is 16.5. The number of rotatable bonds is 4. The molecule has 1 aromatic rings. The summed E-state index contributed by atoms with van der Waals surface area (Å²) in [6, 6.07) is 0. The number of aromatic nitrogens is 2. The minimum Gasteiger partial charge on any atom is -0.381 e. The molecule has 0 aliphatic carbocycles. The topological polar surface area (TPSA) is 68.5 Å². The lowest BCUT2D eigenvalue weighted by molar-refractivity contribution is -0.133. The average molecular weight is 321 g/mol. The minimum atomic E-state index is 0.181. The second-order valence-corrected chi connectivity index (χ2v) is 7.15. The van der Waals surface area contributed by atoms with Crippen molar-refractivity contribution >= 4 is 5.91 Å². The summed E-state index contributed by atoms with van der Waals surface area (Å²) in [5.74, 6) is 2.69. The first-order valence-corrected chi connectivity index (χ1v) is 8.82. The molecular weight excluding hydrogens is 294 g/mol. The molecule has 128 valence electrons. The van der Waals surface area contributed by atoms with Gasteiger partial charge in [-0.3, -0.25) is 4.79 Å². The molecule has 2 saturated heterocycles. The summed E-state index contributed by atoms with van der Waals surface area (Å²) in [6.07, 6.45) is 4.56. The minimum absolute atomic E-state index is 0.181. The number of piperidine rings is 1. The maximum Gasteiger partial charge on any atom is 0.231 e. The van der Waals surface area contributed by atoms with Gasteiger partial charge in [0, 0.05) is 38.6 Å². The van der Waals surface area contributed by atoms with Gasteiger partial charge in [0.05, 0.1) is 5.92 Å². The molecule has 23 heavy (non-hydrogen) atoms. The molecule has 1 unspecified atom stereocenters. The summed E-state index contributed by atoms with van der Waals surface area (Å²) in [7, 11) is 0. The van der Waals surface area contributed by atoms with Crippen LogP contribution in [-0.4, -0.2) is 47.3 Å². The quantitative estimate of drug-likeness (QED) is 0.853. The number of likely N-dealkylation sites (tertiary alicyclic amines) is 1. The van der Waals surface area contributed by atoms with Crippen LogP contribution in [0.4, 0.5) is 0 Å². The number of carbonyl (C=O) groups is 1. The van der Waals surface area contributed by atoms with Crippen molar-refractivity contribution in [2.45, 2.75) is 57.8 Å². The van der Waals surface area contributed by atoms with Gasteiger partial charge in [-0.2, -0.15) is 4.98 Å². The van der Waals surface area contributed by atoms with Gasteiger partial charge >= 0.3 is 0 Å². The second-order valence-electron chi connectivity index (χ2n) is 7.15. The zero-order valence-electron chi connectivity index (χ0n) is 14.2. The largest absolute Gasteiger partial charge is 0.381 e. The van der Waals surface area contributed by atoms with E-state index in [1.54, 1.807) is 0 Å². The SMILES string of the molecule is CC(C)CC(=O)N1CCCC(c2nc(C3CCOCC3)no2)C1. The van der Waals surface area contributed by atoms with Crippen LogP contribution in [0.3, 0.4) is 0 Å². The van der Waals surface area contributed by atoms with E-state index in [1.807, 2.05) is 4.90 Å². The summed E-state index contributed by atoms with van der Waals surface area (Å²) in [6.45, 7) is 7.27. The normalized spacial score (nSPS) is 23.4. The fourth-order valence-electron chi connectivity index (χ4n) is 3.42. The first-order chi connectivity index (χ1) is 11.1. The monoisotopic (exact) mass is 321 g/mol. The van der Waals surface area contributed by atoms with E-state index in [9.17, 15) is 4.79 Å². The molecule has 1 amide bonds. The first-order valence-electron chi connectivity index (χ1n) is 8.82. The molecular formula is C17H27N3O3. The van der Waals surface area contributed by atoms with Crippen molar-refractivity contribution in [3.8, 4) is 0 Å². The van der Waals surface area contributed by atoms with Gasteiger partial charge in [0.25, 0.3) is 0 Å². The Labute approximate surface area is 137 Å². The van der Waals surface area contributed by atoms with Crippen LogP contribution in [0.2, 0.25) is 0 Å². The summed E-state index contributed by atoms with van der Waals surface area (Å²) in [5, 5.41) is 4.19. The van der Waals surface area contributed by atoms with Gasteiger partial charge in [0.15, 0.2) is 5.82 Å². The van der Waals surface area contributed by atoms with Gasteiger partial charge in [-0.25, -0.2) is 0 Å². The highest BCUT2D eigenvalue weighted by Crippen LogP contribution is 2.29. The van der Waals surface area contributed by atoms with E-state index < -0.39 is 0 Å². The molecule has 1 aromatic heterocycles. The molecule has 2 fully saturated rings. The van der Waals surface area contributed by atoms with Crippen LogP contribution < -0.4 is 0 Å². The number of carbonyl (C=O) groups excluding carboxylic acids is 1. The van der Waals surface area contributed by atoms with Gasteiger partial charge in [-0.1, -0.05) is 19.0 Å². The maximum atomic E-state index is 12.3. The van der Waals surface area contributed by atoms with Gasteiger partial charge < -0.3 is 14.2 Å². The molecule has 6 heteroatoms. The zero-order chi connectivity index (χ0) is 16.2. The predicted molar refractivity (Wildman–Crippen MR) is 85.1 cm³/mol. The van der Waals surface area contributed by atoms with Crippen molar-refractivity contribution in [3.63, 3.8) is 0 Å². The van der Waals surface area contributed by atoms with Crippen molar-refractivity contribution in [2.75, 3.05) is 26.3 Å². The Morgan fingerprint density at radius 3 is 2.78 bits per heavy atom. The fourth-order valence-corrected chi connectivity index (χ4v) is 3.42. The van der Waals surface area contributed by atoms with E-state index in [1.165, 1.54) is 0 Å². The number of hydrogen-bond acceptors (Lipinski definition) is 5. The Hall–Kier alpha value is -1.43. The molecule has 3 rings (SSSR count). The Balaban J connectivity index is 1.62. The second kappa shape index (κ2) is 7.43. The van der Waals surface area contributed by atoms with Gasteiger partial charge in [0.1, 0.15) is 0 Å². The molecule has 0 aromatic carbocycles. The Morgan fingerprint density at radius 1 is 1.26 bits per heavy atom. The third kappa shape index (κ3) is 4.10. The predicted octanol–water partition coefficient (Wildman–Crippen LogP) is 2.72. The lowest BCUT2D eigenvalue weighted by Gasteiger charge is -2.31. The summed E-state index contributed by atoms with van der Waals surface area (Å²) < 4.78 is 10.9. The third-order valence-corrected chi connectivity index (χ3v) is 4.75. The van der Waals surface area contributed by atoms with Crippen LogP contribution >= 0.6 is 0 Å². The number of nitrogens with zero attached hydrogens (tertiary/aromatic N) is 3. The zero-order valence-corrected chi connectivity index (χ0v) is 14.2. The lowest BCUT2D eigenvalue weighted by atomic mass is 9.96. The molecule has 2 aliphatic rings. The summed E-state index contributed by atoms with van der Waals surface area (Å²) in [5.41, 5.74) is 0. The van der Waals surface area contributed by atoms with E-state index in [0.29, 0.717) is 30.7 Å². The van der Waals surface area contributed by atoms with E-state index in [-0.39, 0.29) is 11.8 Å². The van der Waals surface area contributed by atoms with E-state index in [4.69, 9.17) is 9.26 Å². The molecule has 0 spiro atoms.